The van der Waals surface area contributed by atoms with Crippen LogP contribution in [0.3, 0.4) is 0 Å². The summed E-state index contributed by atoms with van der Waals surface area (Å²) < 4.78 is 0. The van der Waals surface area contributed by atoms with E-state index in [4.69, 9.17) is 0 Å². The predicted octanol–water partition coefficient (Wildman–Crippen LogP) is 8.17. The Labute approximate surface area is 187 Å². The van der Waals surface area contributed by atoms with Gasteiger partial charge in [0.15, 0.2) is 0 Å². The van der Waals surface area contributed by atoms with Crippen LogP contribution in [-0.2, 0) is 0 Å². The molecule has 0 saturated heterocycles. The minimum atomic E-state index is -0.448. The summed E-state index contributed by atoms with van der Waals surface area (Å²) >= 11 is 0. The molecule has 1 nitrogen and oxygen atoms in total. The first-order valence-corrected chi connectivity index (χ1v) is 13.4. The van der Waals surface area contributed by atoms with Crippen LogP contribution in [0.25, 0.3) is 0 Å². The van der Waals surface area contributed by atoms with E-state index in [1.807, 2.05) is 0 Å². The molecule has 30 heavy (non-hydrogen) atoms. The van der Waals surface area contributed by atoms with Crippen molar-refractivity contribution in [3.8, 4) is 0 Å². The average Bonchev–Trinajstić information content (AvgIpc) is 2.93. The largest absolute Gasteiger partial charge is 0.389 e. The number of aliphatic hydroxyl groups is 1. The number of rotatable bonds is 5. The highest BCUT2D eigenvalue weighted by molar-refractivity contribution is 5.30. The van der Waals surface area contributed by atoms with Crippen molar-refractivity contribution in [3.63, 3.8) is 0 Å². The topological polar surface area (TPSA) is 20.2 Å². The minimum Gasteiger partial charge on any atom is -0.389 e. The zero-order valence-electron chi connectivity index (χ0n) is 21.2. The summed E-state index contributed by atoms with van der Waals surface area (Å²) in [6.45, 7) is 17.1. The fourth-order valence-corrected chi connectivity index (χ4v) is 9.43. The molecule has 4 aliphatic carbocycles. The van der Waals surface area contributed by atoms with Gasteiger partial charge in [0, 0.05) is 0 Å². The molecule has 1 N–H and O–H groups in total. The molecule has 4 aliphatic rings. The monoisotopic (exact) mass is 414 g/mol. The maximum atomic E-state index is 12.1. The van der Waals surface area contributed by atoms with Gasteiger partial charge < -0.3 is 5.11 Å². The zero-order chi connectivity index (χ0) is 21.9. The molecule has 0 radical (unpaired) electrons. The first-order chi connectivity index (χ1) is 14.0. The molecule has 0 aromatic rings. The number of allylic oxidation sites excluding steroid dienone is 2. The van der Waals surface area contributed by atoms with E-state index in [-0.39, 0.29) is 5.41 Å². The molecular weight excluding hydrogens is 364 g/mol. The third-order valence-electron chi connectivity index (χ3n) is 11.1. The first kappa shape index (κ1) is 22.9. The lowest BCUT2D eigenvalue weighted by Gasteiger charge is -2.61. The van der Waals surface area contributed by atoms with Crippen molar-refractivity contribution in [2.24, 2.45) is 45.8 Å². The Morgan fingerprint density at radius 1 is 0.933 bits per heavy atom. The van der Waals surface area contributed by atoms with E-state index in [2.05, 4.69) is 54.5 Å². The van der Waals surface area contributed by atoms with Gasteiger partial charge in [-0.1, -0.05) is 79.4 Å². The Balaban J connectivity index is 1.57. The average molecular weight is 415 g/mol. The van der Waals surface area contributed by atoms with E-state index in [0.717, 1.165) is 24.2 Å². The molecule has 0 bridgehead atoms. The number of hydrogen-bond acceptors (Lipinski definition) is 1. The summed E-state index contributed by atoms with van der Waals surface area (Å²) in [5.74, 6) is 3.56. The van der Waals surface area contributed by atoms with E-state index < -0.39 is 5.60 Å². The molecule has 1 unspecified atom stereocenters. The van der Waals surface area contributed by atoms with Crippen LogP contribution in [0.2, 0.25) is 0 Å². The van der Waals surface area contributed by atoms with Crippen LogP contribution in [0.15, 0.2) is 11.6 Å². The normalized spacial score (nSPS) is 46.0. The van der Waals surface area contributed by atoms with Crippen LogP contribution in [0, 0.1) is 45.8 Å². The maximum absolute atomic E-state index is 12.1. The second kappa shape index (κ2) is 7.64. The Hall–Kier alpha value is -0.300. The Morgan fingerprint density at radius 3 is 2.33 bits per heavy atom. The Kier molecular flexibility index (Phi) is 5.82. The van der Waals surface area contributed by atoms with Gasteiger partial charge >= 0.3 is 0 Å². The van der Waals surface area contributed by atoms with Crippen LogP contribution in [0.1, 0.15) is 119 Å². The Morgan fingerprint density at radius 2 is 1.63 bits per heavy atom. The van der Waals surface area contributed by atoms with Gasteiger partial charge in [-0.05, 0) is 97.2 Å². The SMILES string of the molecule is CC(C)CCCC(C)[C@@]1(O)CC[C@H]2[C@@H]3CC=C4C(C)(C)CCC[C@]4(C)[C@H]3CC[C@@]21C. The van der Waals surface area contributed by atoms with Crippen molar-refractivity contribution >= 4 is 0 Å². The van der Waals surface area contributed by atoms with Crippen molar-refractivity contribution in [2.75, 3.05) is 0 Å². The van der Waals surface area contributed by atoms with E-state index in [1.165, 1.54) is 64.2 Å². The van der Waals surface area contributed by atoms with Gasteiger partial charge in [-0.2, -0.15) is 0 Å². The highest BCUT2D eigenvalue weighted by atomic mass is 16.3. The third-order valence-corrected chi connectivity index (χ3v) is 11.1. The summed E-state index contributed by atoms with van der Waals surface area (Å²) in [4.78, 5) is 0. The lowest BCUT2D eigenvalue weighted by Crippen LogP contribution is -2.57. The van der Waals surface area contributed by atoms with E-state index in [1.54, 1.807) is 5.57 Å². The summed E-state index contributed by atoms with van der Waals surface area (Å²) in [7, 11) is 0. The number of hydrogen-bond donors (Lipinski definition) is 1. The zero-order valence-corrected chi connectivity index (χ0v) is 21.2. The van der Waals surface area contributed by atoms with Crippen molar-refractivity contribution in [2.45, 2.75) is 125 Å². The molecule has 3 saturated carbocycles. The van der Waals surface area contributed by atoms with Crippen LogP contribution in [-0.4, -0.2) is 10.7 Å². The van der Waals surface area contributed by atoms with Crippen LogP contribution < -0.4 is 0 Å². The maximum Gasteiger partial charge on any atom is 0.0729 e. The van der Waals surface area contributed by atoms with Gasteiger partial charge in [0.2, 0.25) is 0 Å². The van der Waals surface area contributed by atoms with Crippen molar-refractivity contribution < 1.29 is 5.11 Å². The molecule has 0 aromatic heterocycles. The molecule has 0 spiro atoms. The minimum absolute atomic E-state index is 0.122. The van der Waals surface area contributed by atoms with E-state index in [9.17, 15) is 5.11 Å². The van der Waals surface area contributed by atoms with Crippen LogP contribution in [0.5, 0.6) is 0 Å². The van der Waals surface area contributed by atoms with Crippen LogP contribution >= 0.6 is 0 Å². The van der Waals surface area contributed by atoms with Crippen LogP contribution in [0.4, 0.5) is 0 Å². The van der Waals surface area contributed by atoms with Crippen molar-refractivity contribution in [1.82, 2.24) is 0 Å². The molecule has 172 valence electrons. The molecule has 0 aliphatic heterocycles. The first-order valence-electron chi connectivity index (χ1n) is 13.4. The fraction of sp³-hybridized carbons (Fsp3) is 0.931. The number of fused-ring (bicyclic) bond motifs is 5. The fourth-order valence-electron chi connectivity index (χ4n) is 9.43. The van der Waals surface area contributed by atoms with E-state index >= 15 is 0 Å². The highest BCUT2D eigenvalue weighted by Crippen LogP contribution is 2.69. The smallest absolute Gasteiger partial charge is 0.0729 e. The van der Waals surface area contributed by atoms with Gasteiger partial charge in [0.1, 0.15) is 0 Å². The Bertz CT molecular complexity index is 674. The van der Waals surface area contributed by atoms with Gasteiger partial charge in [0.25, 0.3) is 0 Å². The van der Waals surface area contributed by atoms with Gasteiger partial charge in [0.05, 0.1) is 5.60 Å². The molecule has 0 amide bonds. The molecule has 0 heterocycles. The summed E-state index contributed by atoms with van der Waals surface area (Å²) in [5, 5.41) is 12.1. The van der Waals surface area contributed by atoms with Crippen molar-refractivity contribution in [1.29, 1.82) is 0 Å². The predicted molar refractivity (Wildman–Crippen MR) is 128 cm³/mol. The lowest BCUT2D eigenvalue weighted by molar-refractivity contribution is -0.151. The lowest BCUT2D eigenvalue weighted by atomic mass is 9.44. The van der Waals surface area contributed by atoms with Gasteiger partial charge in [-0.15, -0.1) is 0 Å². The molecular formula is C29H50O. The van der Waals surface area contributed by atoms with Crippen molar-refractivity contribution in [3.05, 3.63) is 11.6 Å². The second-order valence-electron chi connectivity index (χ2n) is 13.5. The molecule has 3 fully saturated rings. The van der Waals surface area contributed by atoms with Gasteiger partial charge in [-0.3, -0.25) is 0 Å². The summed E-state index contributed by atoms with van der Waals surface area (Å²) in [5.41, 5.74) is 2.27. The standard InChI is InChI=1S/C29H50O/c1-20(2)10-8-11-21(3)29(30)19-15-24-22-12-13-25-26(4,5)16-9-17-27(25,6)23(22)14-18-28(24,29)7/h13,20-24,30H,8-12,14-19H2,1-7H3/t21?,22-,23+,24+,27-,28+,29+/m1/s1. The highest BCUT2D eigenvalue weighted by Gasteiger charge is 2.65. The quantitative estimate of drug-likeness (QED) is 0.450. The molecule has 4 rings (SSSR count). The third kappa shape index (κ3) is 3.27. The van der Waals surface area contributed by atoms with Gasteiger partial charge in [-0.25, -0.2) is 0 Å². The van der Waals surface area contributed by atoms with E-state index in [0.29, 0.717) is 22.7 Å². The second-order valence-corrected chi connectivity index (χ2v) is 13.5. The molecule has 0 aromatic carbocycles. The summed E-state index contributed by atoms with van der Waals surface area (Å²) in [6.07, 6.45) is 16.8. The summed E-state index contributed by atoms with van der Waals surface area (Å²) in [6, 6.07) is 0. The molecule has 1 heteroatoms. The molecule has 7 atom stereocenters.